The predicted octanol–water partition coefficient (Wildman–Crippen LogP) is 10.6. The maximum Gasteiger partial charge on any atom is 0.101 e. The predicted molar refractivity (Wildman–Crippen MR) is 194 cm³/mol. The van der Waals surface area contributed by atoms with Gasteiger partial charge in [0.2, 0.25) is 0 Å². The molecule has 0 N–H and O–H groups in total. The number of rotatable bonds is 4. The molecule has 6 aromatic carbocycles. The fraction of sp³-hybridized carbons (Fsp3) is 0.0455. The molecule has 48 heavy (non-hydrogen) atoms. The molecule has 9 rings (SSSR count). The van der Waals surface area contributed by atoms with Crippen LogP contribution in [0.5, 0.6) is 0 Å². The Morgan fingerprint density at radius 3 is 1.94 bits per heavy atom. The summed E-state index contributed by atoms with van der Waals surface area (Å²) in [4.78, 5) is 2.32. The third-order valence-corrected chi connectivity index (χ3v) is 9.78. The van der Waals surface area contributed by atoms with Crippen molar-refractivity contribution in [1.29, 1.82) is 10.5 Å². The Morgan fingerprint density at radius 2 is 1.17 bits per heavy atom. The first-order valence-electron chi connectivity index (χ1n) is 16.1. The Bertz CT molecular complexity index is 2520. The second kappa shape index (κ2) is 11.0. The lowest BCUT2D eigenvalue weighted by molar-refractivity contribution is 0.744. The number of hydrogen-bond acceptors (Lipinski definition) is 3. The standard InChI is InChI=1S/C44H28N4/c45-27-32-14-10-24-42(48-40-22-5-1-17-35(40)36-18-2-6-23-41(36)48)43(32)31-13-7-11-29(25-31)30-12-8-16-34(26-30)47-39-21-4-3-19-37(39)38-20-9-15-33(28-46)44(38)47/h1-26,37,39H. The van der Waals surface area contributed by atoms with Gasteiger partial charge >= 0.3 is 0 Å². The van der Waals surface area contributed by atoms with Gasteiger partial charge in [0.05, 0.1) is 45.6 Å². The normalized spacial score (nSPS) is 16.1. The van der Waals surface area contributed by atoms with Gasteiger partial charge in [-0.1, -0.05) is 109 Å². The summed E-state index contributed by atoms with van der Waals surface area (Å²) in [5.41, 5.74) is 11.7. The molecule has 0 fully saturated rings. The van der Waals surface area contributed by atoms with Crippen molar-refractivity contribution in [2.75, 3.05) is 4.90 Å². The molecular weight excluding hydrogens is 585 g/mol. The Labute approximate surface area is 279 Å². The number of para-hydroxylation sites is 3. The zero-order valence-electron chi connectivity index (χ0n) is 26.0. The van der Waals surface area contributed by atoms with E-state index in [-0.39, 0.29) is 12.0 Å². The summed E-state index contributed by atoms with van der Waals surface area (Å²) in [5.74, 6) is 0.187. The Kier molecular flexibility index (Phi) is 6.35. The number of fused-ring (bicyclic) bond motifs is 6. The molecule has 1 aliphatic carbocycles. The van der Waals surface area contributed by atoms with Gasteiger partial charge in [0, 0.05) is 27.9 Å². The van der Waals surface area contributed by atoms with Gasteiger partial charge in [0.25, 0.3) is 0 Å². The van der Waals surface area contributed by atoms with Gasteiger partial charge in [0.1, 0.15) is 6.07 Å². The van der Waals surface area contributed by atoms with Crippen molar-refractivity contribution >= 4 is 33.2 Å². The first-order chi connectivity index (χ1) is 23.7. The molecular formula is C44H28N4. The molecule has 4 heteroatoms. The van der Waals surface area contributed by atoms with Crippen LogP contribution in [-0.2, 0) is 0 Å². The second-order valence-electron chi connectivity index (χ2n) is 12.3. The van der Waals surface area contributed by atoms with Gasteiger partial charge in [-0.3, -0.25) is 0 Å². The minimum absolute atomic E-state index is 0.0948. The number of aromatic nitrogens is 1. The van der Waals surface area contributed by atoms with Gasteiger partial charge in [-0.05, 0) is 70.8 Å². The number of hydrogen-bond donors (Lipinski definition) is 0. The minimum atomic E-state index is 0.0948. The summed E-state index contributed by atoms with van der Waals surface area (Å²) in [7, 11) is 0. The lowest BCUT2D eigenvalue weighted by atomic mass is 9.91. The van der Waals surface area contributed by atoms with Crippen molar-refractivity contribution < 1.29 is 0 Å². The summed E-state index contributed by atoms with van der Waals surface area (Å²) in [6.07, 6.45) is 8.66. The number of benzene rings is 6. The zero-order chi connectivity index (χ0) is 32.2. The molecule has 1 aliphatic heterocycles. The van der Waals surface area contributed by atoms with Crippen molar-refractivity contribution in [2.24, 2.45) is 0 Å². The molecule has 0 saturated carbocycles. The highest BCUT2D eigenvalue weighted by Gasteiger charge is 2.39. The van der Waals surface area contributed by atoms with Crippen LogP contribution in [0.15, 0.2) is 158 Å². The Hall–Kier alpha value is -6.62. The molecule has 0 bridgehead atoms. The number of nitriles is 2. The van der Waals surface area contributed by atoms with Crippen LogP contribution >= 0.6 is 0 Å². The van der Waals surface area contributed by atoms with Gasteiger partial charge in [-0.15, -0.1) is 0 Å². The van der Waals surface area contributed by atoms with Crippen LogP contribution < -0.4 is 4.90 Å². The van der Waals surface area contributed by atoms with Gasteiger partial charge in [-0.2, -0.15) is 10.5 Å². The summed E-state index contributed by atoms with van der Waals surface area (Å²) >= 11 is 0. The maximum atomic E-state index is 10.4. The minimum Gasteiger partial charge on any atom is -0.332 e. The highest BCUT2D eigenvalue weighted by Crippen LogP contribution is 2.49. The molecule has 2 heterocycles. The Morgan fingerprint density at radius 1 is 0.542 bits per heavy atom. The third kappa shape index (κ3) is 4.14. The molecule has 0 amide bonds. The molecule has 2 aliphatic rings. The fourth-order valence-corrected chi connectivity index (χ4v) is 7.76. The number of allylic oxidation sites excluding steroid dienone is 2. The first-order valence-corrected chi connectivity index (χ1v) is 16.1. The molecule has 2 atom stereocenters. The average molecular weight is 613 g/mol. The smallest absolute Gasteiger partial charge is 0.101 e. The van der Waals surface area contributed by atoms with Crippen LogP contribution in [0.4, 0.5) is 11.4 Å². The summed E-state index contributed by atoms with van der Waals surface area (Å²) in [6.45, 7) is 0. The van der Waals surface area contributed by atoms with E-state index in [0.717, 1.165) is 50.3 Å². The van der Waals surface area contributed by atoms with E-state index in [9.17, 15) is 10.5 Å². The SMILES string of the molecule is N#Cc1cccc(-n2c3ccccc3c3ccccc32)c1-c1cccc(-c2cccc(N3c4c(C#N)cccc4C4C=CC=CC43)c2)c1. The van der Waals surface area contributed by atoms with E-state index in [0.29, 0.717) is 11.1 Å². The summed E-state index contributed by atoms with van der Waals surface area (Å²) < 4.78 is 2.29. The second-order valence-corrected chi connectivity index (χ2v) is 12.3. The largest absolute Gasteiger partial charge is 0.332 e. The van der Waals surface area contributed by atoms with E-state index < -0.39 is 0 Å². The molecule has 4 nitrogen and oxygen atoms in total. The quantitative estimate of drug-likeness (QED) is 0.199. The van der Waals surface area contributed by atoms with Crippen LogP contribution in [0.25, 0.3) is 49.7 Å². The van der Waals surface area contributed by atoms with E-state index in [1.165, 1.54) is 16.3 Å². The van der Waals surface area contributed by atoms with Crippen molar-refractivity contribution in [3.8, 4) is 40.1 Å². The van der Waals surface area contributed by atoms with Crippen molar-refractivity contribution in [2.45, 2.75) is 12.0 Å². The zero-order valence-corrected chi connectivity index (χ0v) is 26.0. The molecule has 7 aromatic rings. The molecule has 2 unspecified atom stereocenters. The van der Waals surface area contributed by atoms with Crippen LogP contribution in [0.1, 0.15) is 22.6 Å². The van der Waals surface area contributed by atoms with Gasteiger partial charge < -0.3 is 9.47 Å². The van der Waals surface area contributed by atoms with Crippen molar-refractivity contribution in [3.05, 3.63) is 174 Å². The van der Waals surface area contributed by atoms with Crippen LogP contribution in [0.2, 0.25) is 0 Å². The first kappa shape index (κ1) is 27.7. The lowest BCUT2D eigenvalue weighted by Crippen LogP contribution is -2.28. The monoisotopic (exact) mass is 612 g/mol. The van der Waals surface area contributed by atoms with E-state index >= 15 is 0 Å². The van der Waals surface area contributed by atoms with E-state index in [1.54, 1.807) is 0 Å². The van der Waals surface area contributed by atoms with E-state index in [2.05, 4.69) is 155 Å². The summed E-state index contributed by atoms with van der Waals surface area (Å²) in [5, 5.41) is 22.8. The number of nitrogens with zero attached hydrogens (tertiary/aromatic N) is 4. The topological polar surface area (TPSA) is 55.8 Å². The lowest BCUT2D eigenvalue weighted by Gasteiger charge is -2.29. The number of anilines is 2. The molecule has 1 aromatic heterocycles. The third-order valence-electron chi connectivity index (χ3n) is 9.78. The van der Waals surface area contributed by atoms with Crippen LogP contribution in [-0.4, -0.2) is 10.6 Å². The maximum absolute atomic E-state index is 10.4. The molecule has 0 radical (unpaired) electrons. The fourth-order valence-electron chi connectivity index (χ4n) is 7.76. The van der Waals surface area contributed by atoms with Crippen LogP contribution in [0.3, 0.4) is 0 Å². The molecule has 0 saturated heterocycles. The Balaban J connectivity index is 1.20. The van der Waals surface area contributed by atoms with Gasteiger partial charge in [0.15, 0.2) is 0 Å². The average Bonchev–Trinajstić information content (AvgIpc) is 3.68. The highest BCUT2D eigenvalue weighted by molar-refractivity contribution is 6.10. The van der Waals surface area contributed by atoms with Crippen LogP contribution in [0, 0.1) is 22.7 Å². The highest BCUT2D eigenvalue weighted by atomic mass is 15.2. The molecule has 224 valence electrons. The van der Waals surface area contributed by atoms with Gasteiger partial charge in [-0.25, -0.2) is 0 Å². The summed E-state index contributed by atoms with van der Waals surface area (Å²) in [6, 6.07) is 51.0. The van der Waals surface area contributed by atoms with Crippen molar-refractivity contribution in [1.82, 2.24) is 4.57 Å². The molecule has 0 spiro atoms. The van der Waals surface area contributed by atoms with Crippen molar-refractivity contribution in [3.63, 3.8) is 0 Å². The van der Waals surface area contributed by atoms with E-state index in [4.69, 9.17) is 0 Å². The van der Waals surface area contributed by atoms with E-state index in [1.807, 2.05) is 24.3 Å².